The van der Waals surface area contributed by atoms with E-state index in [2.05, 4.69) is 9.82 Å². The molecule has 0 saturated heterocycles. The van der Waals surface area contributed by atoms with Crippen molar-refractivity contribution in [2.75, 3.05) is 4.72 Å². The van der Waals surface area contributed by atoms with Gasteiger partial charge in [0.25, 0.3) is 10.0 Å². The molecule has 0 aliphatic rings. The van der Waals surface area contributed by atoms with E-state index in [9.17, 15) is 12.8 Å². The number of aromatic nitrogens is 2. The molecule has 0 radical (unpaired) electrons. The second kappa shape index (κ2) is 7.09. The van der Waals surface area contributed by atoms with Gasteiger partial charge in [-0.05, 0) is 49.2 Å². The maximum absolute atomic E-state index is 13.9. The number of nitrogens with one attached hydrogen (secondary N) is 1. The van der Waals surface area contributed by atoms with Crippen LogP contribution in [-0.2, 0) is 16.6 Å². The molecule has 0 bridgehead atoms. The van der Waals surface area contributed by atoms with Crippen molar-refractivity contribution in [1.29, 1.82) is 0 Å². The second-order valence-corrected chi connectivity index (χ2v) is 8.07. The van der Waals surface area contributed by atoms with Gasteiger partial charge in [-0.3, -0.25) is 9.40 Å². The lowest BCUT2D eigenvalue weighted by atomic mass is 10.1. The van der Waals surface area contributed by atoms with Crippen LogP contribution in [0, 0.1) is 19.7 Å². The van der Waals surface area contributed by atoms with Gasteiger partial charge in [-0.1, -0.05) is 23.7 Å². The minimum Gasteiger partial charge on any atom is -0.276 e. The van der Waals surface area contributed by atoms with E-state index < -0.39 is 15.8 Å². The molecule has 5 nitrogen and oxygen atoms in total. The molecular formula is C18H17ClFN3O2S. The van der Waals surface area contributed by atoms with Crippen molar-refractivity contribution in [1.82, 2.24) is 9.78 Å². The molecule has 0 aliphatic heterocycles. The number of halogens is 2. The molecule has 0 fully saturated rings. The number of nitrogens with zero attached hydrogens (tertiary/aromatic N) is 2. The number of hydrogen-bond donors (Lipinski definition) is 1. The summed E-state index contributed by atoms with van der Waals surface area (Å²) in [4.78, 5) is 0.172. The van der Waals surface area contributed by atoms with E-state index in [0.717, 1.165) is 11.1 Å². The molecule has 0 saturated carbocycles. The predicted octanol–water partition coefficient (Wildman–Crippen LogP) is 4.14. The minimum absolute atomic E-state index is 0.0941. The molecule has 136 valence electrons. The number of rotatable bonds is 5. The Morgan fingerprint density at radius 1 is 1.19 bits per heavy atom. The van der Waals surface area contributed by atoms with Gasteiger partial charge in [-0.2, -0.15) is 5.10 Å². The van der Waals surface area contributed by atoms with Crippen molar-refractivity contribution < 1.29 is 12.8 Å². The second-order valence-electron chi connectivity index (χ2n) is 5.98. The van der Waals surface area contributed by atoms with Crippen molar-refractivity contribution in [2.24, 2.45) is 0 Å². The smallest absolute Gasteiger partial charge is 0.262 e. The Labute approximate surface area is 156 Å². The molecule has 1 heterocycles. The lowest BCUT2D eigenvalue weighted by Crippen LogP contribution is -2.13. The summed E-state index contributed by atoms with van der Waals surface area (Å²) in [6.45, 7) is 3.86. The standard InChI is InChI=1S/C18H17ClFN3O2S/c1-12-6-7-15(8-13(12)2)26(24,25)22-14-9-21-23(10-14)11-16-17(19)4-3-5-18(16)20/h3-10,22H,11H2,1-2H3. The highest BCUT2D eigenvalue weighted by atomic mass is 35.5. The third-order valence-electron chi connectivity index (χ3n) is 4.06. The monoisotopic (exact) mass is 393 g/mol. The molecule has 2 aromatic carbocycles. The zero-order chi connectivity index (χ0) is 18.9. The summed E-state index contributed by atoms with van der Waals surface area (Å²) in [7, 11) is -3.73. The first kappa shape index (κ1) is 18.4. The third kappa shape index (κ3) is 3.89. The highest BCUT2D eigenvalue weighted by Gasteiger charge is 2.16. The Morgan fingerprint density at radius 3 is 2.65 bits per heavy atom. The van der Waals surface area contributed by atoms with Crippen LogP contribution in [0.2, 0.25) is 5.02 Å². The van der Waals surface area contributed by atoms with E-state index in [1.165, 1.54) is 29.2 Å². The normalized spacial score (nSPS) is 11.5. The van der Waals surface area contributed by atoms with Crippen LogP contribution in [0.4, 0.5) is 10.1 Å². The van der Waals surface area contributed by atoms with Crippen molar-refractivity contribution in [3.05, 3.63) is 76.3 Å². The van der Waals surface area contributed by atoms with E-state index >= 15 is 0 Å². The van der Waals surface area contributed by atoms with Crippen LogP contribution in [-0.4, -0.2) is 18.2 Å². The number of aryl methyl sites for hydroxylation is 2. The highest BCUT2D eigenvalue weighted by Crippen LogP contribution is 2.22. The molecule has 0 aliphatic carbocycles. The fourth-order valence-electron chi connectivity index (χ4n) is 2.44. The zero-order valence-corrected chi connectivity index (χ0v) is 15.8. The molecule has 0 spiro atoms. The molecular weight excluding hydrogens is 377 g/mol. The van der Waals surface area contributed by atoms with Crippen LogP contribution in [0.15, 0.2) is 53.7 Å². The Kier molecular flexibility index (Phi) is 5.02. The van der Waals surface area contributed by atoms with E-state index in [4.69, 9.17) is 11.6 Å². The highest BCUT2D eigenvalue weighted by molar-refractivity contribution is 7.92. The maximum Gasteiger partial charge on any atom is 0.262 e. The Morgan fingerprint density at radius 2 is 1.96 bits per heavy atom. The summed E-state index contributed by atoms with van der Waals surface area (Å²) in [6.07, 6.45) is 2.86. The number of hydrogen-bond acceptors (Lipinski definition) is 3. The van der Waals surface area contributed by atoms with Gasteiger partial charge < -0.3 is 0 Å². The van der Waals surface area contributed by atoms with E-state index in [1.807, 2.05) is 13.8 Å². The van der Waals surface area contributed by atoms with Crippen LogP contribution in [0.1, 0.15) is 16.7 Å². The first-order chi connectivity index (χ1) is 12.3. The number of anilines is 1. The molecule has 3 rings (SSSR count). The van der Waals surface area contributed by atoms with Crippen molar-refractivity contribution in [2.45, 2.75) is 25.3 Å². The summed E-state index contributed by atoms with van der Waals surface area (Å²) in [6, 6.07) is 9.34. The van der Waals surface area contributed by atoms with Gasteiger partial charge in [-0.15, -0.1) is 0 Å². The fourth-order valence-corrected chi connectivity index (χ4v) is 3.78. The summed E-state index contributed by atoms with van der Waals surface area (Å²) in [5.74, 6) is -0.440. The van der Waals surface area contributed by atoms with Gasteiger partial charge in [0.1, 0.15) is 5.82 Å². The molecule has 0 unspecified atom stereocenters. The SMILES string of the molecule is Cc1ccc(S(=O)(=O)Nc2cnn(Cc3c(F)cccc3Cl)c2)cc1C. The zero-order valence-electron chi connectivity index (χ0n) is 14.2. The van der Waals surface area contributed by atoms with Crippen LogP contribution in [0.25, 0.3) is 0 Å². The van der Waals surface area contributed by atoms with Gasteiger partial charge in [0.2, 0.25) is 0 Å². The van der Waals surface area contributed by atoms with Crippen LogP contribution < -0.4 is 4.72 Å². The van der Waals surface area contributed by atoms with E-state index in [0.29, 0.717) is 5.56 Å². The summed E-state index contributed by atoms with van der Waals surface area (Å²) >= 11 is 6.01. The lowest BCUT2D eigenvalue weighted by molar-refractivity contribution is 0.585. The predicted molar refractivity (Wildman–Crippen MR) is 99.5 cm³/mol. The van der Waals surface area contributed by atoms with Crippen LogP contribution in [0.5, 0.6) is 0 Å². The third-order valence-corrected chi connectivity index (χ3v) is 5.79. The molecule has 3 aromatic rings. The van der Waals surface area contributed by atoms with Gasteiger partial charge in [0.05, 0.1) is 23.3 Å². The summed E-state index contributed by atoms with van der Waals surface area (Å²) in [5, 5.41) is 4.36. The molecule has 1 N–H and O–H groups in total. The van der Waals surface area contributed by atoms with E-state index in [-0.39, 0.29) is 22.2 Å². The molecule has 1 aromatic heterocycles. The number of benzene rings is 2. The van der Waals surface area contributed by atoms with Gasteiger partial charge >= 0.3 is 0 Å². The summed E-state index contributed by atoms with van der Waals surface area (Å²) < 4.78 is 42.8. The molecule has 0 atom stereocenters. The molecule has 0 amide bonds. The van der Waals surface area contributed by atoms with Crippen molar-refractivity contribution in [3.8, 4) is 0 Å². The van der Waals surface area contributed by atoms with Crippen LogP contribution >= 0.6 is 11.6 Å². The average molecular weight is 394 g/mol. The van der Waals surface area contributed by atoms with Gasteiger partial charge in [-0.25, -0.2) is 12.8 Å². The van der Waals surface area contributed by atoms with E-state index in [1.54, 1.807) is 24.3 Å². The first-order valence-electron chi connectivity index (χ1n) is 7.82. The summed E-state index contributed by atoms with van der Waals surface area (Å²) in [5.41, 5.74) is 2.48. The van der Waals surface area contributed by atoms with Gasteiger partial charge in [0, 0.05) is 16.8 Å². The molecule has 8 heteroatoms. The first-order valence-corrected chi connectivity index (χ1v) is 9.68. The molecule has 26 heavy (non-hydrogen) atoms. The topological polar surface area (TPSA) is 64.0 Å². The lowest BCUT2D eigenvalue weighted by Gasteiger charge is -2.08. The maximum atomic E-state index is 13.9. The number of sulfonamides is 1. The minimum atomic E-state index is -3.73. The fraction of sp³-hybridized carbons (Fsp3) is 0.167. The Hall–Kier alpha value is -2.38. The van der Waals surface area contributed by atoms with Crippen molar-refractivity contribution >= 4 is 27.3 Å². The van der Waals surface area contributed by atoms with Gasteiger partial charge in [0.15, 0.2) is 0 Å². The average Bonchev–Trinajstić information content (AvgIpc) is 3.00. The Bertz CT molecular complexity index is 1040. The Balaban J connectivity index is 1.80. The van der Waals surface area contributed by atoms with Crippen LogP contribution in [0.3, 0.4) is 0 Å². The quantitative estimate of drug-likeness (QED) is 0.708. The van der Waals surface area contributed by atoms with Crippen molar-refractivity contribution in [3.63, 3.8) is 0 Å². The largest absolute Gasteiger partial charge is 0.276 e.